The van der Waals surface area contributed by atoms with Crippen LogP contribution in [0.2, 0.25) is 0 Å². The van der Waals surface area contributed by atoms with Gasteiger partial charge < -0.3 is 10.1 Å². The van der Waals surface area contributed by atoms with Gasteiger partial charge in [0.1, 0.15) is 5.75 Å². The second-order valence-electron chi connectivity index (χ2n) is 4.53. The monoisotopic (exact) mass is 277 g/mol. The third-order valence-corrected chi connectivity index (χ3v) is 3.51. The lowest BCUT2D eigenvalue weighted by atomic mass is 10.0. The van der Waals surface area contributed by atoms with Crippen molar-refractivity contribution in [1.82, 2.24) is 5.32 Å². The minimum atomic E-state index is 0.0689. The van der Waals surface area contributed by atoms with Crippen LogP contribution in [-0.2, 0) is 11.2 Å². The molecule has 1 N–H and O–H groups in total. The Hall–Kier alpha value is -1.42. The van der Waals surface area contributed by atoms with E-state index in [0.717, 1.165) is 18.6 Å². The summed E-state index contributed by atoms with van der Waals surface area (Å²) < 4.78 is 5.26. The molecule has 0 saturated heterocycles. The number of hydrogen-bond acceptors (Lipinski definition) is 3. The van der Waals surface area contributed by atoms with Crippen molar-refractivity contribution in [3.63, 3.8) is 0 Å². The number of fused-ring (bicyclic) bond motifs is 1. The highest BCUT2D eigenvalue weighted by atomic mass is 32.1. The van der Waals surface area contributed by atoms with Gasteiger partial charge in [0.15, 0.2) is 0 Å². The predicted molar refractivity (Wildman–Crippen MR) is 80.8 cm³/mol. The smallest absolute Gasteiger partial charge is 0.220 e. The quantitative estimate of drug-likeness (QED) is 0.784. The molecule has 1 amide bonds. The third kappa shape index (κ3) is 3.53. The van der Waals surface area contributed by atoms with Crippen molar-refractivity contribution in [2.45, 2.75) is 19.3 Å². The molecule has 3 nitrogen and oxygen atoms in total. The van der Waals surface area contributed by atoms with Crippen molar-refractivity contribution in [3.8, 4) is 5.75 Å². The SMILES string of the molecule is COc1ccc2c(c1)C(CCNC(=O)CCS)=CC2. The van der Waals surface area contributed by atoms with E-state index in [1.54, 1.807) is 7.11 Å². The van der Waals surface area contributed by atoms with Gasteiger partial charge in [-0.2, -0.15) is 12.6 Å². The molecule has 0 bridgehead atoms. The molecule has 0 aromatic heterocycles. The van der Waals surface area contributed by atoms with E-state index < -0.39 is 0 Å². The summed E-state index contributed by atoms with van der Waals surface area (Å²) in [6, 6.07) is 6.17. The summed E-state index contributed by atoms with van der Waals surface area (Å²) in [7, 11) is 1.68. The van der Waals surface area contributed by atoms with Crippen LogP contribution in [-0.4, -0.2) is 25.3 Å². The fourth-order valence-corrected chi connectivity index (χ4v) is 2.47. The standard InChI is InChI=1S/C15H19NO2S/c1-18-13-5-4-11-2-3-12(14(11)10-13)6-8-16-15(17)7-9-19/h3-5,10,19H,2,6-9H2,1H3,(H,16,17). The van der Waals surface area contributed by atoms with Crippen molar-refractivity contribution in [1.29, 1.82) is 0 Å². The Labute approximate surface area is 119 Å². The third-order valence-electron chi connectivity index (χ3n) is 3.29. The molecule has 0 heterocycles. The van der Waals surface area contributed by atoms with E-state index >= 15 is 0 Å². The zero-order chi connectivity index (χ0) is 13.7. The largest absolute Gasteiger partial charge is 0.497 e. The number of allylic oxidation sites excluding steroid dienone is 1. The Morgan fingerprint density at radius 1 is 1.47 bits per heavy atom. The Morgan fingerprint density at radius 2 is 2.32 bits per heavy atom. The van der Waals surface area contributed by atoms with E-state index in [-0.39, 0.29) is 5.91 Å². The summed E-state index contributed by atoms with van der Waals surface area (Å²) in [4.78, 5) is 11.4. The maximum absolute atomic E-state index is 11.4. The molecule has 2 rings (SSSR count). The van der Waals surface area contributed by atoms with Crippen LogP contribution in [0.3, 0.4) is 0 Å². The Balaban J connectivity index is 1.92. The van der Waals surface area contributed by atoms with Crippen LogP contribution < -0.4 is 10.1 Å². The molecule has 0 radical (unpaired) electrons. The lowest BCUT2D eigenvalue weighted by Crippen LogP contribution is -2.24. The molecule has 0 aliphatic heterocycles. The van der Waals surface area contributed by atoms with E-state index in [4.69, 9.17) is 4.74 Å². The predicted octanol–water partition coefficient (Wildman–Crippen LogP) is 2.46. The summed E-state index contributed by atoms with van der Waals surface area (Å²) in [6.45, 7) is 0.676. The van der Waals surface area contributed by atoms with Crippen LogP contribution in [0.5, 0.6) is 5.75 Å². The van der Waals surface area contributed by atoms with Crippen molar-refractivity contribution in [3.05, 3.63) is 35.4 Å². The van der Waals surface area contributed by atoms with Crippen LogP contribution >= 0.6 is 12.6 Å². The highest BCUT2D eigenvalue weighted by Gasteiger charge is 2.14. The summed E-state index contributed by atoms with van der Waals surface area (Å²) >= 11 is 4.04. The topological polar surface area (TPSA) is 38.3 Å². The minimum absolute atomic E-state index is 0.0689. The zero-order valence-electron chi connectivity index (χ0n) is 11.1. The van der Waals surface area contributed by atoms with Crippen molar-refractivity contribution >= 4 is 24.1 Å². The van der Waals surface area contributed by atoms with Crippen LogP contribution in [0.25, 0.3) is 5.57 Å². The average molecular weight is 277 g/mol. The molecule has 1 aliphatic rings. The molecular formula is C15H19NO2S. The molecule has 0 unspecified atom stereocenters. The number of hydrogen-bond donors (Lipinski definition) is 2. The highest BCUT2D eigenvalue weighted by molar-refractivity contribution is 7.80. The van der Waals surface area contributed by atoms with E-state index in [0.29, 0.717) is 18.7 Å². The van der Waals surface area contributed by atoms with Gasteiger partial charge >= 0.3 is 0 Å². The lowest BCUT2D eigenvalue weighted by Gasteiger charge is -2.09. The average Bonchev–Trinajstić information content (AvgIpc) is 2.81. The Morgan fingerprint density at radius 3 is 3.05 bits per heavy atom. The zero-order valence-corrected chi connectivity index (χ0v) is 12.0. The van der Waals surface area contributed by atoms with Gasteiger partial charge in [0.25, 0.3) is 0 Å². The number of carbonyl (C=O) groups excluding carboxylic acids is 1. The van der Waals surface area contributed by atoms with E-state index in [1.165, 1.54) is 16.7 Å². The second-order valence-corrected chi connectivity index (χ2v) is 4.98. The number of rotatable bonds is 6. The first-order valence-corrected chi connectivity index (χ1v) is 7.11. The maximum atomic E-state index is 11.4. The number of amides is 1. The number of nitrogens with one attached hydrogen (secondary N) is 1. The van der Waals surface area contributed by atoms with Gasteiger partial charge in [-0.25, -0.2) is 0 Å². The van der Waals surface area contributed by atoms with Crippen LogP contribution in [0, 0.1) is 0 Å². The number of carbonyl (C=O) groups is 1. The van der Waals surface area contributed by atoms with Gasteiger partial charge in [-0.05, 0) is 47.4 Å². The Bertz CT molecular complexity index is 497. The molecule has 1 aromatic carbocycles. The molecule has 0 atom stereocenters. The summed E-state index contributed by atoms with van der Waals surface area (Å²) in [5.74, 6) is 1.54. The van der Waals surface area contributed by atoms with Gasteiger partial charge in [0.05, 0.1) is 7.11 Å². The van der Waals surface area contributed by atoms with Crippen LogP contribution in [0.1, 0.15) is 24.0 Å². The first kappa shape index (κ1) is 14.0. The molecule has 1 aliphatic carbocycles. The number of ether oxygens (including phenoxy) is 1. The lowest BCUT2D eigenvalue weighted by molar-refractivity contribution is -0.120. The minimum Gasteiger partial charge on any atom is -0.497 e. The van der Waals surface area contributed by atoms with Gasteiger partial charge in [-0.3, -0.25) is 4.79 Å². The fourth-order valence-electron chi connectivity index (χ4n) is 2.27. The number of methoxy groups -OCH3 is 1. The fraction of sp³-hybridized carbons (Fsp3) is 0.400. The summed E-state index contributed by atoms with van der Waals surface area (Å²) in [5, 5.41) is 2.91. The summed E-state index contributed by atoms with van der Waals surface area (Å²) in [5.41, 5.74) is 3.88. The van der Waals surface area contributed by atoms with Crippen molar-refractivity contribution in [2.24, 2.45) is 0 Å². The van der Waals surface area contributed by atoms with Gasteiger partial charge in [0.2, 0.25) is 5.91 Å². The van der Waals surface area contributed by atoms with Gasteiger partial charge in [-0.1, -0.05) is 12.1 Å². The molecular weight excluding hydrogens is 258 g/mol. The normalized spacial score (nSPS) is 12.8. The molecule has 19 heavy (non-hydrogen) atoms. The summed E-state index contributed by atoms with van der Waals surface area (Å²) in [6.07, 6.45) is 4.54. The van der Waals surface area contributed by atoms with E-state index in [9.17, 15) is 4.79 Å². The molecule has 4 heteroatoms. The van der Waals surface area contributed by atoms with E-state index in [1.807, 2.05) is 6.07 Å². The van der Waals surface area contributed by atoms with Crippen molar-refractivity contribution in [2.75, 3.05) is 19.4 Å². The van der Waals surface area contributed by atoms with Gasteiger partial charge in [0, 0.05) is 13.0 Å². The first-order valence-electron chi connectivity index (χ1n) is 6.48. The highest BCUT2D eigenvalue weighted by Crippen LogP contribution is 2.32. The second kappa shape index (κ2) is 6.66. The molecule has 1 aromatic rings. The van der Waals surface area contributed by atoms with Crippen LogP contribution in [0.15, 0.2) is 24.3 Å². The molecule has 0 fully saturated rings. The Kier molecular flexibility index (Phi) is 4.91. The molecule has 0 saturated carbocycles. The van der Waals surface area contributed by atoms with E-state index in [2.05, 4.69) is 36.2 Å². The number of thiol groups is 1. The maximum Gasteiger partial charge on any atom is 0.220 e. The number of benzene rings is 1. The molecule has 0 spiro atoms. The van der Waals surface area contributed by atoms with Crippen molar-refractivity contribution < 1.29 is 9.53 Å². The molecule has 102 valence electrons. The first-order chi connectivity index (χ1) is 9.24. The van der Waals surface area contributed by atoms with Gasteiger partial charge in [-0.15, -0.1) is 0 Å². The van der Waals surface area contributed by atoms with Crippen LogP contribution in [0.4, 0.5) is 0 Å².